The van der Waals surface area contributed by atoms with Crippen molar-refractivity contribution in [3.05, 3.63) is 64.6 Å². The van der Waals surface area contributed by atoms with Gasteiger partial charge in [0, 0.05) is 28.8 Å². The zero-order valence-corrected chi connectivity index (χ0v) is 18.3. The Morgan fingerprint density at radius 2 is 2.00 bits per heavy atom. The number of pyridine rings is 1. The van der Waals surface area contributed by atoms with E-state index in [1.54, 1.807) is 24.3 Å². The van der Waals surface area contributed by atoms with Crippen molar-refractivity contribution in [3.8, 4) is 16.9 Å². The van der Waals surface area contributed by atoms with E-state index in [4.69, 9.17) is 14.6 Å². The highest BCUT2D eigenvalue weighted by Crippen LogP contribution is 2.32. The van der Waals surface area contributed by atoms with E-state index in [2.05, 4.69) is 4.98 Å². The molecule has 2 aromatic carbocycles. The van der Waals surface area contributed by atoms with Gasteiger partial charge in [-0.1, -0.05) is 24.3 Å². The number of ether oxygens (including phenoxy) is 1. The highest BCUT2D eigenvalue weighted by molar-refractivity contribution is 5.97. The maximum atomic E-state index is 14.1. The summed E-state index contributed by atoms with van der Waals surface area (Å²) in [6.07, 6.45) is -0.478. The topological polar surface area (TPSA) is 105 Å². The van der Waals surface area contributed by atoms with Crippen molar-refractivity contribution in [1.82, 2.24) is 9.88 Å². The van der Waals surface area contributed by atoms with E-state index in [0.29, 0.717) is 16.5 Å². The molecule has 0 aliphatic carbocycles. The van der Waals surface area contributed by atoms with Crippen molar-refractivity contribution in [3.63, 3.8) is 0 Å². The van der Waals surface area contributed by atoms with Gasteiger partial charge in [0.25, 0.3) is 17.4 Å². The molecule has 0 saturated carbocycles. The van der Waals surface area contributed by atoms with Crippen molar-refractivity contribution < 1.29 is 27.2 Å². The molecule has 2 heterocycles. The number of carbonyl (C=O) groups excluding carboxylic acids is 2. The van der Waals surface area contributed by atoms with Crippen LogP contribution in [0.3, 0.4) is 0 Å². The SMILES string of the molecule is [2H]C([2H])([2H])c1ccccc1-c1c[nH]c(=O)c2cc(O[C@H](C)C(=O)N3C[C@@H](C(N)=O)CC(F)(F)C3)ccc12. The number of nitrogens with two attached hydrogens (primary N) is 1. The molecule has 1 aliphatic heterocycles. The van der Waals surface area contributed by atoms with Gasteiger partial charge >= 0.3 is 0 Å². The summed E-state index contributed by atoms with van der Waals surface area (Å²) in [5, 5.41) is 0.653. The molecule has 0 radical (unpaired) electrons. The molecule has 2 amide bonds. The summed E-state index contributed by atoms with van der Waals surface area (Å²) in [7, 11) is 0. The number of carbonyl (C=O) groups is 2. The van der Waals surface area contributed by atoms with Crippen LogP contribution >= 0.6 is 0 Å². The predicted molar refractivity (Wildman–Crippen MR) is 124 cm³/mol. The van der Waals surface area contributed by atoms with Gasteiger partial charge in [0.2, 0.25) is 5.91 Å². The van der Waals surface area contributed by atoms with Gasteiger partial charge in [0.15, 0.2) is 6.10 Å². The van der Waals surface area contributed by atoms with E-state index in [9.17, 15) is 23.2 Å². The second-order valence-corrected chi connectivity index (χ2v) is 8.42. The third-order valence-electron chi connectivity index (χ3n) is 5.87. The van der Waals surface area contributed by atoms with Crippen molar-refractivity contribution in [2.75, 3.05) is 13.1 Å². The largest absolute Gasteiger partial charge is 0.481 e. The average Bonchev–Trinajstić information content (AvgIpc) is 2.82. The number of piperidine rings is 1. The molecular formula is C25H25F2N3O4. The molecule has 7 nitrogen and oxygen atoms in total. The van der Waals surface area contributed by atoms with E-state index in [1.807, 2.05) is 0 Å². The summed E-state index contributed by atoms with van der Waals surface area (Å²) in [5.74, 6) is -5.95. The van der Waals surface area contributed by atoms with Crippen LogP contribution in [-0.4, -0.2) is 46.8 Å². The molecule has 0 spiro atoms. The number of nitrogens with zero attached hydrogens (tertiary/aromatic N) is 1. The fourth-order valence-corrected chi connectivity index (χ4v) is 4.22. The van der Waals surface area contributed by atoms with E-state index in [0.717, 1.165) is 4.90 Å². The summed E-state index contributed by atoms with van der Waals surface area (Å²) >= 11 is 0. The minimum atomic E-state index is -3.26. The standard InChI is InChI=1S/C25H25F2N3O4/c1-14-5-3-4-6-18(14)21-11-29-23(32)20-9-17(7-8-19(20)21)34-15(2)24(33)30-12-16(22(28)31)10-25(26,27)13-30/h3-9,11,15-16H,10,12-13H2,1-2H3,(H2,28,31)(H,29,32)/t15-,16+/m1/s1/i1D3. The Kier molecular flexibility index (Phi) is 5.15. The number of aryl methyl sites for hydroxylation is 1. The lowest BCUT2D eigenvalue weighted by Crippen LogP contribution is -2.55. The van der Waals surface area contributed by atoms with Crippen molar-refractivity contribution in [2.45, 2.75) is 32.2 Å². The predicted octanol–water partition coefficient (Wildman–Crippen LogP) is 3.24. The fourth-order valence-electron chi connectivity index (χ4n) is 4.22. The first-order valence-electron chi connectivity index (χ1n) is 12.1. The first kappa shape index (κ1) is 19.7. The second kappa shape index (κ2) is 8.89. The summed E-state index contributed by atoms with van der Waals surface area (Å²) in [6.45, 7) is -2.09. The summed E-state index contributed by atoms with van der Waals surface area (Å²) in [4.78, 5) is 40.4. The fraction of sp³-hybridized carbons (Fsp3) is 0.320. The lowest BCUT2D eigenvalue weighted by molar-refractivity contribution is -0.154. The first-order valence-corrected chi connectivity index (χ1v) is 10.6. The Labute approximate surface area is 198 Å². The molecule has 178 valence electrons. The van der Waals surface area contributed by atoms with Gasteiger partial charge in [-0.2, -0.15) is 0 Å². The lowest BCUT2D eigenvalue weighted by atomic mass is 9.94. The van der Waals surface area contributed by atoms with Crippen molar-refractivity contribution >= 4 is 22.6 Å². The maximum absolute atomic E-state index is 14.1. The van der Waals surface area contributed by atoms with Gasteiger partial charge in [-0.3, -0.25) is 14.4 Å². The van der Waals surface area contributed by atoms with E-state index in [-0.39, 0.29) is 23.2 Å². The van der Waals surface area contributed by atoms with Gasteiger partial charge in [-0.15, -0.1) is 0 Å². The molecular weight excluding hydrogens is 444 g/mol. The van der Waals surface area contributed by atoms with Crippen molar-refractivity contribution in [1.29, 1.82) is 0 Å². The molecule has 4 rings (SSSR count). The number of hydrogen-bond donors (Lipinski definition) is 2. The molecule has 1 aliphatic rings. The quantitative estimate of drug-likeness (QED) is 0.595. The van der Waals surface area contributed by atoms with E-state index in [1.165, 1.54) is 31.3 Å². The van der Waals surface area contributed by atoms with E-state index >= 15 is 0 Å². The number of likely N-dealkylation sites (tertiary alicyclic amines) is 1. The van der Waals surface area contributed by atoms with Crippen LogP contribution in [0.15, 0.2) is 53.5 Å². The Morgan fingerprint density at radius 1 is 1.24 bits per heavy atom. The molecule has 3 N–H and O–H groups in total. The van der Waals surface area contributed by atoms with Crippen LogP contribution in [-0.2, 0) is 9.59 Å². The summed E-state index contributed by atoms with van der Waals surface area (Å²) in [5.41, 5.74) is 5.77. The number of nitrogens with one attached hydrogen (secondary N) is 1. The second-order valence-electron chi connectivity index (χ2n) is 8.42. The zero-order valence-electron chi connectivity index (χ0n) is 21.3. The van der Waals surface area contributed by atoms with Crippen LogP contribution < -0.4 is 16.0 Å². The van der Waals surface area contributed by atoms with Crippen molar-refractivity contribution in [2.24, 2.45) is 11.7 Å². The number of benzene rings is 2. The number of H-pyrrole nitrogens is 1. The molecule has 1 aromatic heterocycles. The molecule has 1 fully saturated rings. The van der Waals surface area contributed by atoms with Gasteiger partial charge in [0.05, 0.1) is 17.8 Å². The number of primary amides is 1. The highest BCUT2D eigenvalue weighted by atomic mass is 19.3. The number of halogens is 2. The Bertz CT molecular complexity index is 1420. The Hall–Kier alpha value is -3.75. The number of rotatable bonds is 5. The summed E-state index contributed by atoms with van der Waals surface area (Å²) < 4.78 is 57.4. The molecule has 1 saturated heterocycles. The van der Waals surface area contributed by atoms with Gasteiger partial charge in [-0.25, -0.2) is 8.78 Å². The third-order valence-corrected chi connectivity index (χ3v) is 5.87. The normalized spacial score (nSPS) is 20.1. The average molecular weight is 473 g/mol. The lowest BCUT2D eigenvalue weighted by Gasteiger charge is -2.37. The van der Waals surface area contributed by atoms with Crippen LogP contribution in [0.4, 0.5) is 8.78 Å². The van der Waals surface area contributed by atoms with Crippen LogP contribution in [0, 0.1) is 12.8 Å². The van der Waals surface area contributed by atoms with Crippen LogP contribution in [0.1, 0.15) is 23.0 Å². The number of fused-ring (bicyclic) bond motifs is 1. The molecule has 2 atom stereocenters. The number of amides is 2. The van der Waals surface area contributed by atoms with Crippen LogP contribution in [0.2, 0.25) is 0 Å². The number of alkyl halides is 2. The monoisotopic (exact) mass is 472 g/mol. The minimum absolute atomic E-state index is 0.121. The first-order chi connectivity index (χ1) is 17.3. The van der Waals surface area contributed by atoms with Crippen LogP contribution in [0.25, 0.3) is 21.9 Å². The van der Waals surface area contributed by atoms with Crippen LogP contribution in [0.5, 0.6) is 5.75 Å². The number of aromatic amines is 1. The molecule has 34 heavy (non-hydrogen) atoms. The smallest absolute Gasteiger partial charge is 0.266 e. The third kappa shape index (κ3) is 4.64. The maximum Gasteiger partial charge on any atom is 0.266 e. The highest BCUT2D eigenvalue weighted by Gasteiger charge is 2.44. The molecule has 0 bridgehead atoms. The number of hydrogen-bond acceptors (Lipinski definition) is 4. The van der Waals surface area contributed by atoms with Gasteiger partial charge in [0.1, 0.15) is 5.75 Å². The molecule has 3 aromatic rings. The minimum Gasteiger partial charge on any atom is -0.481 e. The Balaban J connectivity index is 1.63. The molecule has 9 heteroatoms. The summed E-state index contributed by atoms with van der Waals surface area (Å²) in [6, 6.07) is 10.9. The van der Waals surface area contributed by atoms with Gasteiger partial charge < -0.3 is 20.4 Å². The molecule has 0 unspecified atom stereocenters. The Morgan fingerprint density at radius 3 is 2.74 bits per heavy atom. The van der Waals surface area contributed by atoms with Gasteiger partial charge in [-0.05, 0) is 48.5 Å². The number of aromatic nitrogens is 1. The van der Waals surface area contributed by atoms with E-state index < -0.39 is 55.1 Å². The zero-order chi connectivity index (χ0) is 27.1.